The highest BCUT2D eigenvalue weighted by atomic mass is 32.2. The van der Waals surface area contributed by atoms with E-state index in [1.807, 2.05) is 23.1 Å². The molecule has 0 fully saturated rings. The smallest absolute Gasteiger partial charge is 0.0203 e. The van der Waals surface area contributed by atoms with E-state index in [0.29, 0.717) is 6.04 Å². The Hall–Kier alpha value is 0.01000. The quantitative estimate of drug-likeness (QED) is 0.805. The molecule has 0 aliphatic rings. The average Bonchev–Trinajstić information content (AvgIpc) is 2.64. The van der Waals surface area contributed by atoms with Gasteiger partial charge in [0, 0.05) is 16.7 Å². The van der Waals surface area contributed by atoms with Crippen LogP contribution < -0.4 is 5.32 Å². The first-order chi connectivity index (χ1) is 6.72. The van der Waals surface area contributed by atoms with Gasteiger partial charge in [0.05, 0.1) is 0 Å². The van der Waals surface area contributed by atoms with Crippen LogP contribution in [0.15, 0.2) is 17.5 Å². The van der Waals surface area contributed by atoms with Crippen molar-refractivity contribution in [2.45, 2.75) is 31.6 Å². The van der Waals surface area contributed by atoms with Crippen LogP contribution in [0.25, 0.3) is 0 Å². The Labute approximate surface area is 95.3 Å². The van der Waals surface area contributed by atoms with Gasteiger partial charge in [0.15, 0.2) is 0 Å². The Kier molecular flexibility index (Phi) is 5.60. The van der Waals surface area contributed by atoms with Gasteiger partial charge in [-0.3, -0.25) is 0 Å². The summed E-state index contributed by atoms with van der Waals surface area (Å²) in [6.07, 6.45) is 1.16. The van der Waals surface area contributed by atoms with Gasteiger partial charge in [-0.1, -0.05) is 19.9 Å². The van der Waals surface area contributed by atoms with E-state index in [1.165, 1.54) is 10.6 Å². The van der Waals surface area contributed by atoms with Gasteiger partial charge in [0.25, 0.3) is 0 Å². The van der Waals surface area contributed by atoms with E-state index >= 15 is 0 Å². The lowest BCUT2D eigenvalue weighted by Crippen LogP contribution is -2.30. The minimum atomic E-state index is 0.612. The van der Waals surface area contributed by atoms with Crippen LogP contribution in [0.2, 0.25) is 0 Å². The van der Waals surface area contributed by atoms with E-state index in [9.17, 15) is 0 Å². The molecule has 1 N–H and O–H groups in total. The second-order valence-electron chi connectivity index (χ2n) is 3.65. The van der Waals surface area contributed by atoms with Crippen molar-refractivity contribution < 1.29 is 0 Å². The lowest BCUT2D eigenvalue weighted by molar-refractivity contribution is 0.621. The number of hydrogen-bond acceptors (Lipinski definition) is 3. The van der Waals surface area contributed by atoms with E-state index < -0.39 is 0 Å². The molecule has 0 bridgehead atoms. The molecule has 1 heterocycles. The first-order valence-electron chi connectivity index (χ1n) is 5.03. The van der Waals surface area contributed by atoms with Crippen LogP contribution in [0.5, 0.6) is 0 Å². The van der Waals surface area contributed by atoms with E-state index in [0.717, 1.165) is 11.7 Å². The first kappa shape index (κ1) is 12.1. The van der Waals surface area contributed by atoms with Gasteiger partial charge < -0.3 is 5.32 Å². The number of nitrogens with one attached hydrogen (secondary N) is 1. The summed E-state index contributed by atoms with van der Waals surface area (Å²) < 4.78 is 0. The van der Waals surface area contributed by atoms with Crippen LogP contribution in [0.4, 0.5) is 0 Å². The molecule has 0 saturated carbocycles. The van der Waals surface area contributed by atoms with Crippen LogP contribution in [0, 0.1) is 0 Å². The molecule has 14 heavy (non-hydrogen) atoms. The van der Waals surface area contributed by atoms with Gasteiger partial charge in [-0.25, -0.2) is 0 Å². The molecule has 1 atom stereocenters. The van der Waals surface area contributed by atoms with Gasteiger partial charge in [-0.2, -0.15) is 11.8 Å². The highest BCUT2D eigenvalue weighted by Crippen LogP contribution is 2.16. The third-order valence-electron chi connectivity index (χ3n) is 2.07. The zero-order chi connectivity index (χ0) is 10.4. The maximum Gasteiger partial charge on any atom is 0.0203 e. The molecule has 1 unspecified atom stereocenters. The molecule has 0 saturated heterocycles. The molecule has 3 heteroatoms. The SMILES string of the molecule is CNC(CSC(C)C)Cc1cccs1. The summed E-state index contributed by atoms with van der Waals surface area (Å²) in [4.78, 5) is 1.48. The fourth-order valence-corrected chi connectivity index (χ4v) is 2.91. The zero-order valence-corrected chi connectivity index (χ0v) is 10.8. The molecule has 80 valence electrons. The van der Waals surface area contributed by atoms with Crippen LogP contribution >= 0.6 is 23.1 Å². The lowest BCUT2D eigenvalue weighted by Gasteiger charge is -2.16. The Morgan fingerprint density at radius 1 is 1.50 bits per heavy atom. The van der Waals surface area contributed by atoms with E-state index in [1.54, 1.807) is 0 Å². The Morgan fingerprint density at radius 3 is 2.79 bits per heavy atom. The van der Waals surface area contributed by atoms with Crippen molar-refractivity contribution in [1.82, 2.24) is 5.32 Å². The lowest BCUT2D eigenvalue weighted by atomic mass is 10.2. The molecule has 1 nitrogen and oxygen atoms in total. The standard InChI is InChI=1S/C11H19NS2/c1-9(2)14-8-10(12-3)7-11-5-4-6-13-11/h4-6,9-10,12H,7-8H2,1-3H3. The molecule has 0 spiro atoms. The predicted molar refractivity (Wildman–Crippen MR) is 68.5 cm³/mol. The maximum atomic E-state index is 3.38. The fourth-order valence-electron chi connectivity index (χ4n) is 1.22. The van der Waals surface area contributed by atoms with Crippen LogP contribution in [-0.2, 0) is 6.42 Å². The largest absolute Gasteiger partial charge is 0.316 e. The third-order valence-corrected chi connectivity index (χ3v) is 4.23. The van der Waals surface area contributed by atoms with E-state index in [4.69, 9.17) is 0 Å². The second-order valence-corrected chi connectivity index (χ2v) is 6.29. The minimum Gasteiger partial charge on any atom is -0.316 e. The molecular weight excluding hydrogens is 210 g/mol. The fraction of sp³-hybridized carbons (Fsp3) is 0.636. The van der Waals surface area contributed by atoms with Crippen molar-refractivity contribution in [1.29, 1.82) is 0 Å². The molecule has 1 aromatic heterocycles. The summed E-state index contributed by atoms with van der Waals surface area (Å²) in [7, 11) is 2.05. The summed E-state index contributed by atoms with van der Waals surface area (Å²) >= 11 is 3.88. The molecule has 0 aliphatic carbocycles. The number of likely N-dealkylation sites (N-methyl/N-ethyl adjacent to an activating group) is 1. The van der Waals surface area contributed by atoms with E-state index in [-0.39, 0.29) is 0 Å². The molecule has 1 aromatic rings. The molecule has 0 aliphatic heterocycles. The molecule has 0 radical (unpaired) electrons. The van der Waals surface area contributed by atoms with Gasteiger partial charge in [0.1, 0.15) is 0 Å². The molecular formula is C11H19NS2. The highest BCUT2D eigenvalue weighted by Gasteiger charge is 2.08. The third kappa shape index (κ3) is 4.49. The van der Waals surface area contributed by atoms with Crippen LogP contribution in [0.1, 0.15) is 18.7 Å². The van der Waals surface area contributed by atoms with Gasteiger partial charge in [0.2, 0.25) is 0 Å². The van der Waals surface area contributed by atoms with Crippen LogP contribution in [0.3, 0.4) is 0 Å². The van der Waals surface area contributed by atoms with Gasteiger partial charge in [-0.15, -0.1) is 11.3 Å². The monoisotopic (exact) mass is 229 g/mol. The summed E-state index contributed by atoms with van der Waals surface area (Å²) in [5.41, 5.74) is 0. The topological polar surface area (TPSA) is 12.0 Å². The normalized spacial score (nSPS) is 13.4. The summed E-state index contributed by atoms with van der Waals surface area (Å²) in [6.45, 7) is 4.51. The van der Waals surface area contributed by atoms with Crippen molar-refractivity contribution in [3.05, 3.63) is 22.4 Å². The van der Waals surface area contributed by atoms with Crippen molar-refractivity contribution >= 4 is 23.1 Å². The number of thioether (sulfide) groups is 1. The Balaban J connectivity index is 2.32. The van der Waals surface area contributed by atoms with Gasteiger partial charge in [-0.05, 0) is 30.2 Å². The van der Waals surface area contributed by atoms with Crippen molar-refractivity contribution in [2.75, 3.05) is 12.8 Å². The van der Waals surface area contributed by atoms with Gasteiger partial charge >= 0.3 is 0 Å². The van der Waals surface area contributed by atoms with Crippen molar-refractivity contribution in [2.24, 2.45) is 0 Å². The number of rotatable bonds is 6. The minimum absolute atomic E-state index is 0.612. The number of thiophene rings is 1. The number of hydrogen-bond donors (Lipinski definition) is 1. The van der Waals surface area contributed by atoms with E-state index in [2.05, 4.69) is 43.7 Å². The molecule has 0 amide bonds. The molecule has 0 aromatic carbocycles. The Morgan fingerprint density at radius 2 is 2.29 bits per heavy atom. The second kappa shape index (κ2) is 6.49. The summed E-state index contributed by atoms with van der Waals surface area (Å²) in [5.74, 6) is 1.20. The summed E-state index contributed by atoms with van der Waals surface area (Å²) in [5, 5.41) is 6.26. The maximum absolute atomic E-state index is 3.38. The predicted octanol–water partition coefficient (Wildman–Crippen LogP) is 3.02. The highest BCUT2D eigenvalue weighted by molar-refractivity contribution is 7.99. The summed E-state index contributed by atoms with van der Waals surface area (Å²) in [6, 6.07) is 4.96. The van der Waals surface area contributed by atoms with Crippen molar-refractivity contribution in [3.8, 4) is 0 Å². The van der Waals surface area contributed by atoms with Crippen molar-refractivity contribution in [3.63, 3.8) is 0 Å². The zero-order valence-electron chi connectivity index (χ0n) is 9.12. The van der Waals surface area contributed by atoms with Crippen LogP contribution in [-0.4, -0.2) is 24.1 Å². The first-order valence-corrected chi connectivity index (χ1v) is 6.96. The average molecular weight is 229 g/mol. The Bertz CT molecular complexity index is 231. The molecule has 1 rings (SSSR count).